The Morgan fingerprint density at radius 1 is 1.17 bits per heavy atom. The first-order chi connectivity index (χ1) is 1.73. The molecule has 31 valence electrons. The molecular formula is H5BBaO3Y. The number of rotatable bonds is 0. The Hall–Kier alpha value is 2.62. The van der Waals surface area contributed by atoms with Gasteiger partial charge in [0.05, 0.1) is 0 Å². The van der Waals surface area contributed by atoms with Gasteiger partial charge in [-0.15, -0.1) is 0 Å². The molecule has 1 radical (unpaired) electrons. The summed E-state index contributed by atoms with van der Waals surface area (Å²) in [6.45, 7) is 0. The van der Waals surface area contributed by atoms with Crippen molar-refractivity contribution in [1.82, 2.24) is 0 Å². The first kappa shape index (κ1) is 15.8. The fraction of sp³-hybridized carbons (Fsp3) is 0. The van der Waals surface area contributed by atoms with E-state index in [1.807, 2.05) is 0 Å². The zero-order chi connectivity index (χ0) is 3.58. The summed E-state index contributed by atoms with van der Waals surface area (Å²) in [5.74, 6) is 0. The van der Waals surface area contributed by atoms with Crippen LogP contribution in [0.5, 0.6) is 0 Å². The van der Waals surface area contributed by atoms with Gasteiger partial charge in [0.15, 0.2) is 0 Å². The maximum atomic E-state index is 7.17. The van der Waals surface area contributed by atoms with Crippen molar-refractivity contribution < 1.29 is 50.6 Å². The summed E-state index contributed by atoms with van der Waals surface area (Å²) in [6.07, 6.45) is 0. The molecule has 0 aromatic heterocycles. The Morgan fingerprint density at radius 2 is 1.17 bits per heavy atom. The molecule has 0 aromatic rings. The van der Waals surface area contributed by atoms with Gasteiger partial charge in [-0.3, -0.25) is 0 Å². The molecule has 0 rings (SSSR count). The minimum atomic E-state index is -2.17. The summed E-state index contributed by atoms with van der Waals surface area (Å²) < 4.78 is 0. The monoisotopic (exact) mass is 291 g/mol. The molecule has 0 fully saturated rings. The molecule has 0 bridgehead atoms. The maximum absolute atomic E-state index is 7.17. The van der Waals surface area contributed by atoms with Crippen molar-refractivity contribution in [3.05, 3.63) is 0 Å². The molecule has 0 heterocycles. The molecule has 0 atom stereocenters. The van der Waals surface area contributed by atoms with E-state index in [1.165, 1.54) is 0 Å². The van der Waals surface area contributed by atoms with Crippen LogP contribution in [-0.2, 0) is 32.7 Å². The molecule has 0 aliphatic carbocycles. The fourth-order valence-electron chi connectivity index (χ4n) is 0. The second-order valence-corrected chi connectivity index (χ2v) is 0.346. The average molecular weight is 290 g/mol. The van der Waals surface area contributed by atoms with Gasteiger partial charge in [0.25, 0.3) is 0 Å². The van der Waals surface area contributed by atoms with Crippen molar-refractivity contribution in [2.75, 3.05) is 0 Å². The molecule has 3 N–H and O–H groups in total. The smallest absolute Gasteiger partial charge is 1.00 e. The zero-order valence-corrected chi connectivity index (χ0v) is 10.5. The van der Waals surface area contributed by atoms with Crippen LogP contribution in [-0.4, -0.2) is 71.3 Å². The third kappa shape index (κ3) is 30.5. The fourth-order valence-corrected chi connectivity index (χ4v) is 0. The predicted octanol–water partition coefficient (Wildman–Crippen LogP) is -2.21. The van der Waals surface area contributed by atoms with Crippen LogP contribution in [0.2, 0.25) is 0 Å². The van der Waals surface area contributed by atoms with Crippen LogP contribution in [0.1, 0.15) is 2.85 Å². The van der Waals surface area contributed by atoms with Crippen molar-refractivity contribution in [2.24, 2.45) is 0 Å². The van der Waals surface area contributed by atoms with Crippen LogP contribution in [0.15, 0.2) is 0 Å². The van der Waals surface area contributed by atoms with Gasteiger partial charge in [-0.2, -0.15) is 0 Å². The average Bonchev–Trinajstić information content (AvgIpc) is 0.811. The van der Waals surface area contributed by atoms with Gasteiger partial charge in [-0.25, -0.2) is 0 Å². The number of hydrogen-bond donors (Lipinski definition) is 3. The van der Waals surface area contributed by atoms with E-state index in [0.717, 1.165) is 0 Å². The van der Waals surface area contributed by atoms with Gasteiger partial charge >= 0.3 is 56.2 Å². The van der Waals surface area contributed by atoms with Gasteiger partial charge in [-0.1, -0.05) is 0 Å². The molecule has 3 nitrogen and oxygen atoms in total. The van der Waals surface area contributed by atoms with Crippen molar-refractivity contribution in [2.45, 2.75) is 0 Å². The van der Waals surface area contributed by atoms with Gasteiger partial charge < -0.3 is 17.9 Å². The van der Waals surface area contributed by atoms with E-state index in [9.17, 15) is 0 Å². The molecule has 0 aliphatic heterocycles. The summed E-state index contributed by atoms with van der Waals surface area (Å²) in [6, 6.07) is 0. The summed E-state index contributed by atoms with van der Waals surface area (Å²) >= 11 is 0. The Bertz CT molecular complexity index is 22.0. The quantitative estimate of drug-likeness (QED) is 0.443. The summed E-state index contributed by atoms with van der Waals surface area (Å²) in [7, 11) is -2.17. The maximum Gasteiger partial charge on any atom is 2.00 e. The van der Waals surface area contributed by atoms with E-state index < -0.39 is 7.32 Å². The zero-order valence-electron chi connectivity index (χ0n) is 5.20. The van der Waals surface area contributed by atoms with Crippen molar-refractivity contribution in [1.29, 1.82) is 0 Å². The van der Waals surface area contributed by atoms with Crippen LogP contribution in [0.3, 0.4) is 0 Å². The molecule has 0 aliphatic rings. The van der Waals surface area contributed by atoms with E-state index in [1.54, 1.807) is 0 Å². The largest absolute Gasteiger partial charge is 2.00 e. The van der Waals surface area contributed by atoms with Gasteiger partial charge in [0.1, 0.15) is 0 Å². The molecule has 0 aromatic carbocycles. The van der Waals surface area contributed by atoms with E-state index in [2.05, 4.69) is 0 Å². The second-order valence-electron chi connectivity index (χ2n) is 0.346. The number of hydrogen-bond acceptors (Lipinski definition) is 3. The van der Waals surface area contributed by atoms with Crippen LogP contribution < -0.4 is 0 Å². The van der Waals surface area contributed by atoms with Crippen molar-refractivity contribution >= 4 is 56.2 Å². The third-order valence-electron chi connectivity index (χ3n) is 0. The molecule has 0 amide bonds. The van der Waals surface area contributed by atoms with E-state index in [-0.39, 0.29) is 84.4 Å². The first-order valence-electron chi connectivity index (χ1n) is 0.775. The van der Waals surface area contributed by atoms with Crippen LogP contribution in [0.4, 0.5) is 0 Å². The Kier molecular flexibility index (Phi) is 27.9. The van der Waals surface area contributed by atoms with Gasteiger partial charge in [-0.05, 0) is 0 Å². The molecule has 0 saturated carbocycles. The third-order valence-corrected chi connectivity index (χ3v) is 0. The molecular weight excluding hydrogens is 285 g/mol. The van der Waals surface area contributed by atoms with E-state index in [4.69, 9.17) is 15.1 Å². The molecule has 0 saturated heterocycles. The van der Waals surface area contributed by atoms with Gasteiger partial charge in [0.2, 0.25) is 0 Å². The van der Waals surface area contributed by atoms with E-state index >= 15 is 0 Å². The molecule has 6 heteroatoms. The van der Waals surface area contributed by atoms with E-state index in [0.29, 0.717) is 0 Å². The standard InChI is InChI=1S/BH3O3.Ba.Y.2H/c2-1(3)4;;;;/h2-4H;;;;/q;+2;;2*-1. The van der Waals surface area contributed by atoms with Crippen molar-refractivity contribution in [3.63, 3.8) is 0 Å². The summed E-state index contributed by atoms with van der Waals surface area (Å²) in [5, 5.41) is 21.5. The predicted molar refractivity (Wildman–Crippen MR) is 20.4 cm³/mol. The van der Waals surface area contributed by atoms with Crippen LogP contribution in [0, 0.1) is 0 Å². The van der Waals surface area contributed by atoms with Crippen LogP contribution in [0.25, 0.3) is 0 Å². The second kappa shape index (κ2) is 10.6. The van der Waals surface area contributed by atoms with Crippen LogP contribution >= 0.6 is 0 Å². The molecule has 6 heavy (non-hydrogen) atoms. The molecule has 0 unspecified atom stereocenters. The minimum absolute atomic E-state index is 0. The minimum Gasteiger partial charge on any atom is -1.00 e. The molecule has 0 spiro atoms. The Balaban J connectivity index is -0.00000000750. The normalized spacial score (nSPS) is 4.50. The first-order valence-corrected chi connectivity index (χ1v) is 0.775. The SMILES string of the molecule is OB(O)O.[Ba+2].[H-].[H-].[Y]. The summed E-state index contributed by atoms with van der Waals surface area (Å²) in [4.78, 5) is 0. The Labute approximate surface area is 105 Å². The van der Waals surface area contributed by atoms with Crippen molar-refractivity contribution in [3.8, 4) is 0 Å². The topological polar surface area (TPSA) is 60.7 Å². The Morgan fingerprint density at radius 3 is 1.17 bits per heavy atom. The summed E-state index contributed by atoms with van der Waals surface area (Å²) in [5.41, 5.74) is 0. The van der Waals surface area contributed by atoms with Gasteiger partial charge in [0, 0.05) is 32.7 Å².